The van der Waals surface area contributed by atoms with Crippen molar-refractivity contribution in [2.24, 2.45) is 0 Å². The number of ether oxygens (including phenoxy) is 1. The average molecular weight is 289 g/mol. The van der Waals surface area contributed by atoms with Gasteiger partial charge in [0.25, 0.3) is 0 Å². The molecule has 1 aromatic rings. The Kier molecular flexibility index (Phi) is 3.78. The third-order valence-corrected chi connectivity index (χ3v) is 1.92. The Labute approximate surface area is 101 Å². The molecule has 19 heavy (non-hydrogen) atoms. The number of hydrogen-bond acceptors (Lipinski definition) is 2. The molecule has 0 bridgehead atoms. The summed E-state index contributed by atoms with van der Waals surface area (Å²) in [5.41, 5.74) is -0.344. The highest BCUT2D eigenvalue weighted by atomic mass is 19.4. The van der Waals surface area contributed by atoms with Crippen molar-refractivity contribution in [1.82, 2.24) is 0 Å². The van der Waals surface area contributed by atoms with E-state index in [1.807, 2.05) is 0 Å². The van der Waals surface area contributed by atoms with E-state index in [4.69, 9.17) is 0 Å². The van der Waals surface area contributed by atoms with Gasteiger partial charge in [0.05, 0.1) is 0 Å². The SMILES string of the molecule is O=[C]c1cccc(OC(F)(F)C(F)(F)C(F)(F)F)c1. The predicted octanol–water partition coefficient (Wildman–Crippen LogP) is 3.31. The molecule has 0 amide bonds. The second-order valence-electron chi connectivity index (χ2n) is 3.32. The monoisotopic (exact) mass is 289 g/mol. The second-order valence-corrected chi connectivity index (χ2v) is 3.32. The largest absolute Gasteiger partial charge is 0.474 e. The number of benzene rings is 1. The van der Waals surface area contributed by atoms with Crippen LogP contribution in [0.1, 0.15) is 5.56 Å². The molecule has 0 N–H and O–H groups in total. The highest BCUT2D eigenvalue weighted by molar-refractivity contribution is 5.75. The van der Waals surface area contributed by atoms with Crippen LogP contribution < -0.4 is 4.74 Å². The van der Waals surface area contributed by atoms with E-state index in [1.54, 1.807) is 0 Å². The molecule has 9 heteroatoms. The molecule has 0 aliphatic carbocycles. The average Bonchev–Trinajstić information content (AvgIpc) is 2.27. The van der Waals surface area contributed by atoms with Gasteiger partial charge in [-0.25, -0.2) is 0 Å². The topological polar surface area (TPSA) is 26.3 Å². The molecular weight excluding hydrogens is 285 g/mol. The molecule has 2 nitrogen and oxygen atoms in total. The number of alkyl halides is 7. The highest BCUT2D eigenvalue weighted by Gasteiger charge is 2.75. The third-order valence-electron chi connectivity index (χ3n) is 1.92. The van der Waals surface area contributed by atoms with E-state index in [0.717, 1.165) is 12.1 Å². The van der Waals surface area contributed by atoms with Crippen LogP contribution in [0.3, 0.4) is 0 Å². The van der Waals surface area contributed by atoms with Crippen LogP contribution in [0, 0.1) is 0 Å². The number of rotatable bonds is 4. The first-order valence-corrected chi connectivity index (χ1v) is 4.51. The van der Waals surface area contributed by atoms with Crippen LogP contribution in [-0.2, 0) is 4.79 Å². The molecule has 0 aromatic heterocycles. The van der Waals surface area contributed by atoms with Crippen LogP contribution >= 0.6 is 0 Å². The molecule has 105 valence electrons. The molecule has 0 saturated heterocycles. The van der Waals surface area contributed by atoms with Gasteiger partial charge in [0, 0.05) is 5.56 Å². The highest BCUT2D eigenvalue weighted by Crippen LogP contribution is 2.47. The minimum atomic E-state index is -6.48. The summed E-state index contributed by atoms with van der Waals surface area (Å²) in [7, 11) is 0. The number of hydrogen-bond donors (Lipinski definition) is 0. The lowest BCUT2D eigenvalue weighted by Gasteiger charge is -2.27. The zero-order valence-electron chi connectivity index (χ0n) is 8.77. The molecular formula is C10H4F7O2. The van der Waals surface area contributed by atoms with Crippen molar-refractivity contribution in [3.8, 4) is 5.75 Å². The number of carbonyl (C=O) groups excluding carboxylic acids is 1. The summed E-state index contributed by atoms with van der Waals surface area (Å²) in [5, 5.41) is 0. The van der Waals surface area contributed by atoms with Crippen molar-refractivity contribution >= 4 is 6.29 Å². The standard InChI is InChI=1S/C10H4F7O2/c11-8(12,9(13,14)15)10(16,17)19-7-3-1-2-6(4-7)5-18/h1-4H. The van der Waals surface area contributed by atoms with Crippen LogP contribution in [0.25, 0.3) is 0 Å². The summed E-state index contributed by atoms with van der Waals surface area (Å²) in [6.45, 7) is 0. The fourth-order valence-electron chi connectivity index (χ4n) is 1.00. The first-order chi connectivity index (χ1) is 8.51. The van der Waals surface area contributed by atoms with Gasteiger partial charge in [0.1, 0.15) is 5.75 Å². The van der Waals surface area contributed by atoms with E-state index < -0.39 is 24.0 Å². The zero-order chi connectivity index (χ0) is 14.9. The van der Waals surface area contributed by atoms with Crippen molar-refractivity contribution in [1.29, 1.82) is 0 Å². The minimum absolute atomic E-state index is 0.344. The molecule has 0 unspecified atom stereocenters. The Morgan fingerprint density at radius 2 is 1.58 bits per heavy atom. The maximum absolute atomic E-state index is 12.8. The predicted molar refractivity (Wildman–Crippen MR) is 47.8 cm³/mol. The molecule has 0 heterocycles. The Bertz CT molecular complexity index is 467. The van der Waals surface area contributed by atoms with Crippen LogP contribution in [0.15, 0.2) is 24.3 Å². The third kappa shape index (κ3) is 2.96. The van der Waals surface area contributed by atoms with Crippen LogP contribution in [0.2, 0.25) is 0 Å². The molecule has 1 radical (unpaired) electrons. The van der Waals surface area contributed by atoms with Gasteiger partial charge in [-0.15, -0.1) is 0 Å². The smallest absolute Gasteiger partial charge is 0.428 e. The summed E-state index contributed by atoms with van der Waals surface area (Å²) < 4.78 is 89.4. The molecule has 0 atom stereocenters. The van der Waals surface area contributed by atoms with Crippen molar-refractivity contribution < 1.29 is 40.3 Å². The molecule has 0 aliphatic heterocycles. The van der Waals surface area contributed by atoms with E-state index in [-0.39, 0.29) is 5.56 Å². The second kappa shape index (κ2) is 4.71. The van der Waals surface area contributed by atoms with Gasteiger partial charge in [-0.2, -0.15) is 30.7 Å². The Balaban J connectivity index is 3.05. The minimum Gasteiger partial charge on any atom is -0.428 e. The zero-order valence-corrected chi connectivity index (χ0v) is 8.77. The van der Waals surface area contributed by atoms with Gasteiger partial charge in [-0.3, -0.25) is 4.79 Å². The normalized spacial score (nSPS) is 13.2. The van der Waals surface area contributed by atoms with E-state index in [2.05, 4.69) is 4.74 Å². The summed E-state index contributed by atoms with van der Waals surface area (Å²) in [6.07, 6.45) is -11.1. The summed E-state index contributed by atoms with van der Waals surface area (Å²) >= 11 is 0. The summed E-state index contributed by atoms with van der Waals surface area (Å²) in [6, 6.07) is 3.27. The van der Waals surface area contributed by atoms with Gasteiger partial charge < -0.3 is 4.74 Å². The maximum Gasteiger partial charge on any atom is 0.474 e. The molecule has 0 aliphatic rings. The fraction of sp³-hybridized carbons (Fsp3) is 0.300. The Morgan fingerprint density at radius 1 is 1.00 bits per heavy atom. The van der Waals surface area contributed by atoms with Crippen molar-refractivity contribution in [2.45, 2.75) is 18.2 Å². The molecule has 0 fully saturated rings. The van der Waals surface area contributed by atoms with E-state index in [9.17, 15) is 35.5 Å². The molecule has 0 spiro atoms. The molecule has 1 rings (SSSR count). The van der Waals surface area contributed by atoms with E-state index in [1.165, 1.54) is 6.29 Å². The first kappa shape index (κ1) is 15.3. The van der Waals surface area contributed by atoms with Gasteiger partial charge in [-0.05, 0) is 12.1 Å². The van der Waals surface area contributed by atoms with E-state index in [0.29, 0.717) is 12.1 Å². The van der Waals surface area contributed by atoms with Crippen molar-refractivity contribution in [3.05, 3.63) is 29.8 Å². The van der Waals surface area contributed by atoms with Crippen molar-refractivity contribution in [2.75, 3.05) is 0 Å². The van der Waals surface area contributed by atoms with Gasteiger partial charge in [-0.1, -0.05) is 12.1 Å². The van der Waals surface area contributed by atoms with Crippen LogP contribution in [0.5, 0.6) is 5.75 Å². The van der Waals surface area contributed by atoms with Gasteiger partial charge in [0.2, 0.25) is 6.29 Å². The molecule has 1 aromatic carbocycles. The lowest BCUT2D eigenvalue weighted by Crippen LogP contribution is -2.55. The fourth-order valence-corrected chi connectivity index (χ4v) is 1.00. The van der Waals surface area contributed by atoms with Crippen molar-refractivity contribution in [3.63, 3.8) is 0 Å². The number of halogens is 7. The van der Waals surface area contributed by atoms with Crippen LogP contribution in [0.4, 0.5) is 30.7 Å². The molecule has 0 saturated carbocycles. The maximum atomic E-state index is 12.8. The first-order valence-electron chi connectivity index (χ1n) is 4.51. The van der Waals surface area contributed by atoms with Crippen LogP contribution in [-0.4, -0.2) is 24.5 Å². The summed E-state index contributed by atoms with van der Waals surface area (Å²) in [4.78, 5) is 10.2. The van der Waals surface area contributed by atoms with E-state index >= 15 is 0 Å². The Hall–Kier alpha value is -1.80. The lowest BCUT2D eigenvalue weighted by atomic mass is 10.2. The lowest BCUT2D eigenvalue weighted by molar-refractivity contribution is -0.402. The summed E-state index contributed by atoms with van der Waals surface area (Å²) in [5.74, 6) is -7.39. The quantitative estimate of drug-likeness (QED) is 0.795. The Morgan fingerprint density at radius 3 is 2.05 bits per heavy atom. The van der Waals surface area contributed by atoms with Gasteiger partial charge in [0.15, 0.2) is 0 Å². The van der Waals surface area contributed by atoms with Gasteiger partial charge >= 0.3 is 18.2 Å².